The van der Waals surface area contributed by atoms with Gasteiger partial charge in [-0.05, 0) is 140 Å². The Labute approximate surface area is 316 Å². The van der Waals surface area contributed by atoms with Crippen LogP contribution in [0.25, 0.3) is 22.2 Å². The maximum atomic E-state index is 14.1. The first-order valence-corrected chi connectivity index (χ1v) is 19.1. The number of hydrogen-bond acceptors (Lipinski definition) is 8. The molecule has 276 valence electrons. The molecule has 2 aromatic heterocycles. The fourth-order valence-electron chi connectivity index (χ4n) is 8.57. The van der Waals surface area contributed by atoms with Crippen molar-refractivity contribution in [3.8, 4) is 17.2 Å². The number of piperidine rings is 1. The maximum Gasteiger partial charge on any atom is 0.297 e. The summed E-state index contributed by atoms with van der Waals surface area (Å²) in [7, 11) is 0. The van der Waals surface area contributed by atoms with Gasteiger partial charge in [-0.15, -0.1) is 6.58 Å². The first-order chi connectivity index (χ1) is 26.3. The van der Waals surface area contributed by atoms with E-state index in [1.807, 2.05) is 25.1 Å². The van der Waals surface area contributed by atoms with Crippen LogP contribution >= 0.6 is 0 Å². The predicted octanol–water partition coefficient (Wildman–Crippen LogP) is 9.56. The number of nitrogens with zero attached hydrogens (tertiary/aromatic N) is 6. The van der Waals surface area contributed by atoms with Crippen molar-refractivity contribution in [2.75, 3.05) is 36.8 Å². The van der Waals surface area contributed by atoms with E-state index in [-0.39, 0.29) is 11.9 Å². The molecule has 0 radical (unpaired) electrons. The van der Waals surface area contributed by atoms with Gasteiger partial charge in [-0.3, -0.25) is 14.8 Å². The van der Waals surface area contributed by atoms with Gasteiger partial charge in [0.25, 0.3) is 6.43 Å². The molecule has 10 heteroatoms. The van der Waals surface area contributed by atoms with Crippen molar-refractivity contribution in [3.05, 3.63) is 118 Å². The maximum absolute atomic E-state index is 14.1. The molecule has 0 bridgehead atoms. The van der Waals surface area contributed by atoms with Crippen molar-refractivity contribution in [1.29, 1.82) is 5.26 Å². The number of benzene rings is 3. The molecule has 8 rings (SSSR count). The molecule has 1 atom stereocenters. The Morgan fingerprint density at radius 2 is 1.67 bits per heavy atom. The second-order valence-corrected chi connectivity index (χ2v) is 15.1. The van der Waals surface area contributed by atoms with E-state index < -0.39 is 12.2 Å². The number of anilines is 3. The Hall–Kier alpha value is -5.24. The van der Waals surface area contributed by atoms with E-state index in [9.17, 15) is 14.0 Å². The average Bonchev–Trinajstić information content (AvgIpc) is 3.86. The molecular formula is C44H46F2N8. The van der Waals surface area contributed by atoms with Gasteiger partial charge in [0.05, 0.1) is 23.2 Å². The molecule has 0 spiro atoms. The largest absolute Gasteiger partial charge is 0.378 e. The zero-order valence-electron chi connectivity index (χ0n) is 31.0. The Balaban J connectivity index is 1.05. The number of likely N-dealkylation sites (tertiary alicyclic amines) is 2. The third kappa shape index (κ3) is 7.18. The highest BCUT2D eigenvalue weighted by Gasteiger charge is 2.28. The monoisotopic (exact) mass is 724 g/mol. The van der Waals surface area contributed by atoms with Crippen molar-refractivity contribution in [2.45, 2.75) is 71.5 Å². The summed E-state index contributed by atoms with van der Waals surface area (Å²) in [4.78, 5) is 18.0. The predicted molar refractivity (Wildman–Crippen MR) is 211 cm³/mol. The topological polar surface area (TPSA) is 93.0 Å². The van der Waals surface area contributed by atoms with Gasteiger partial charge in [0.15, 0.2) is 11.6 Å². The van der Waals surface area contributed by atoms with Crippen molar-refractivity contribution in [1.82, 2.24) is 24.8 Å². The average molecular weight is 725 g/mol. The molecule has 5 aromatic rings. The van der Waals surface area contributed by atoms with Gasteiger partial charge in [0.2, 0.25) is 0 Å². The highest BCUT2D eigenvalue weighted by atomic mass is 19.3. The van der Waals surface area contributed by atoms with Gasteiger partial charge in [-0.25, -0.2) is 18.7 Å². The van der Waals surface area contributed by atoms with Gasteiger partial charge in [-0.2, -0.15) is 5.26 Å². The summed E-state index contributed by atoms with van der Waals surface area (Å²) in [5.74, 6) is 0.332. The van der Waals surface area contributed by atoms with E-state index >= 15 is 0 Å². The lowest BCUT2D eigenvalue weighted by molar-refractivity contribution is 0.141. The summed E-state index contributed by atoms with van der Waals surface area (Å²) in [6.07, 6.45) is 6.38. The van der Waals surface area contributed by atoms with Crippen LogP contribution in [-0.4, -0.2) is 50.9 Å². The molecule has 3 aliphatic heterocycles. The number of fused-ring (bicyclic) bond motifs is 2. The minimum Gasteiger partial charge on any atom is -0.378 e. The zero-order valence-corrected chi connectivity index (χ0v) is 31.0. The molecule has 2 N–H and O–H groups in total. The van der Waals surface area contributed by atoms with Crippen LogP contribution in [0.3, 0.4) is 0 Å². The molecule has 5 heterocycles. The van der Waals surface area contributed by atoms with Crippen LogP contribution in [0.5, 0.6) is 0 Å². The molecule has 3 aliphatic rings. The number of nitrogens with one attached hydrogen (secondary N) is 2. The third-order valence-corrected chi connectivity index (χ3v) is 11.6. The van der Waals surface area contributed by atoms with Crippen LogP contribution < -0.4 is 10.6 Å². The SMILES string of the molecule is C=CC1CCN(Cc2cc(C#N)c3c(c2)NC(c2cccc(-c4cccc(Nc5nc(C(F)F)nc6cc(CN7CCCC7)cnc56)c4C)c2C)C3)CC1. The van der Waals surface area contributed by atoms with Crippen LogP contribution in [0, 0.1) is 31.1 Å². The summed E-state index contributed by atoms with van der Waals surface area (Å²) in [5.41, 5.74) is 12.0. The molecule has 0 saturated carbocycles. The minimum absolute atomic E-state index is 0.0221. The second-order valence-electron chi connectivity index (χ2n) is 15.1. The van der Waals surface area contributed by atoms with E-state index in [2.05, 4.69) is 97.4 Å². The molecular weight excluding hydrogens is 679 g/mol. The van der Waals surface area contributed by atoms with Crippen LogP contribution in [0.15, 0.2) is 73.4 Å². The molecule has 3 aromatic carbocycles. The van der Waals surface area contributed by atoms with Crippen LogP contribution in [0.2, 0.25) is 0 Å². The number of rotatable bonds is 10. The minimum atomic E-state index is -2.82. The normalized spacial score (nSPS) is 17.8. The fraction of sp³-hybridized carbons (Fsp3) is 0.364. The molecule has 2 fully saturated rings. The lowest BCUT2D eigenvalue weighted by atomic mass is 9.89. The van der Waals surface area contributed by atoms with Crippen molar-refractivity contribution in [2.24, 2.45) is 5.92 Å². The fourth-order valence-corrected chi connectivity index (χ4v) is 8.57. The summed E-state index contributed by atoms with van der Waals surface area (Å²) in [5, 5.41) is 17.3. The van der Waals surface area contributed by atoms with Gasteiger partial charge in [0.1, 0.15) is 5.52 Å². The Morgan fingerprint density at radius 3 is 2.41 bits per heavy atom. The Bertz CT molecular complexity index is 2250. The number of halogens is 2. The Morgan fingerprint density at radius 1 is 0.944 bits per heavy atom. The smallest absolute Gasteiger partial charge is 0.297 e. The molecule has 2 saturated heterocycles. The third-order valence-electron chi connectivity index (χ3n) is 11.6. The zero-order chi connectivity index (χ0) is 37.3. The van der Waals surface area contributed by atoms with Crippen LogP contribution in [-0.2, 0) is 19.5 Å². The van der Waals surface area contributed by atoms with Crippen LogP contribution in [0.1, 0.15) is 82.9 Å². The summed E-state index contributed by atoms with van der Waals surface area (Å²) >= 11 is 0. The lowest BCUT2D eigenvalue weighted by Crippen LogP contribution is -2.32. The van der Waals surface area contributed by atoms with Gasteiger partial charge in [0, 0.05) is 37.1 Å². The molecule has 0 amide bonds. The van der Waals surface area contributed by atoms with Gasteiger partial charge in [-0.1, -0.05) is 36.4 Å². The second kappa shape index (κ2) is 15.2. The highest BCUT2D eigenvalue weighted by Crippen LogP contribution is 2.41. The van der Waals surface area contributed by atoms with Gasteiger partial charge >= 0.3 is 0 Å². The first-order valence-electron chi connectivity index (χ1n) is 19.1. The number of hydrogen-bond donors (Lipinski definition) is 2. The number of aromatic nitrogens is 3. The van der Waals surface area contributed by atoms with E-state index in [1.165, 1.54) is 18.4 Å². The number of alkyl halides is 2. The summed E-state index contributed by atoms with van der Waals surface area (Å²) < 4.78 is 28.2. The molecule has 8 nitrogen and oxygen atoms in total. The highest BCUT2D eigenvalue weighted by molar-refractivity contribution is 5.89. The lowest BCUT2D eigenvalue weighted by Gasteiger charge is -2.30. The summed E-state index contributed by atoms with van der Waals surface area (Å²) in [6, 6.07) is 21.0. The van der Waals surface area contributed by atoms with E-state index in [0.29, 0.717) is 17.0 Å². The molecule has 0 aliphatic carbocycles. The van der Waals surface area contributed by atoms with E-state index in [1.54, 1.807) is 6.20 Å². The van der Waals surface area contributed by atoms with Crippen molar-refractivity contribution >= 4 is 28.2 Å². The number of nitriles is 1. The van der Waals surface area contributed by atoms with E-state index in [0.717, 1.165) is 114 Å². The van der Waals surface area contributed by atoms with Crippen molar-refractivity contribution < 1.29 is 8.78 Å². The number of pyridine rings is 1. The Kier molecular flexibility index (Phi) is 10.1. The number of allylic oxidation sites excluding steroid dienone is 1. The van der Waals surface area contributed by atoms with Crippen molar-refractivity contribution in [3.63, 3.8) is 0 Å². The first kappa shape index (κ1) is 35.8. The van der Waals surface area contributed by atoms with Gasteiger partial charge < -0.3 is 10.6 Å². The van der Waals surface area contributed by atoms with Crippen LogP contribution in [0.4, 0.5) is 26.0 Å². The molecule has 1 unspecified atom stereocenters. The quantitative estimate of drug-likeness (QED) is 0.138. The molecule has 54 heavy (non-hydrogen) atoms. The summed E-state index contributed by atoms with van der Waals surface area (Å²) in [6.45, 7) is 13.8. The van der Waals surface area contributed by atoms with E-state index in [4.69, 9.17) is 0 Å². The standard InChI is InChI=1S/C44H46F2N8/c1-4-29-13-17-54(18-14-29)25-30-19-32(23-47)36-22-39(49-38(36)20-30)35-11-7-9-33(27(35)2)34-10-8-12-37(28(34)3)50-43-41-40(51-44(52-43)42(45)46)21-31(24-48-41)26-53-15-5-6-16-53/h4,7-12,19-21,24,29,39,42,49H,1,5-6,13-18,22,25-26H2,2-3H3,(H,50,51,52).